The summed E-state index contributed by atoms with van der Waals surface area (Å²) in [5, 5.41) is 6.25. The summed E-state index contributed by atoms with van der Waals surface area (Å²) >= 11 is 3.60. The van der Waals surface area contributed by atoms with E-state index in [-0.39, 0.29) is 12.1 Å². The van der Waals surface area contributed by atoms with Crippen LogP contribution in [0, 0.1) is 6.92 Å². The van der Waals surface area contributed by atoms with E-state index in [2.05, 4.69) is 69.6 Å². The number of urea groups is 1. The summed E-state index contributed by atoms with van der Waals surface area (Å²) < 4.78 is 1.03. The second-order valence-electron chi connectivity index (χ2n) is 9.17. The number of pyridine rings is 1. The molecule has 0 radical (unpaired) electrons. The van der Waals surface area contributed by atoms with Gasteiger partial charge in [-0.1, -0.05) is 49.9 Å². The first-order valence-electron chi connectivity index (χ1n) is 12.1. The molecule has 2 aromatic rings. The molecule has 1 atom stereocenters. The molecule has 2 N–H and O–H groups in total. The van der Waals surface area contributed by atoms with Crippen molar-refractivity contribution in [3.63, 3.8) is 0 Å². The Bertz CT molecular complexity index is 888. The first kappa shape index (κ1) is 23.2. The minimum absolute atomic E-state index is 0.0349. The van der Waals surface area contributed by atoms with Crippen LogP contribution in [0.25, 0.3) is 0 Å². The average molecular weight is 499 g/mol. The molecule has 5 nitrogen and oxygen atoms in total. The lowest BCUT2D eigenvalue weighted by atomic mass is 9.95. The van der Waals surface area contributed by atoms with Gasteiger partial charge in [-0.05, 0) is 77.8 Å². The molecule has 1 aromatic carbocycles. The minimum Gasteiger partial charge on any atom is -0.337 e. The molecule has 1 saturated carbocycles. The third kappa shape index (κ3) is 5.52. The molecule has 2 aliphatic carbocycles. The number of hydrogen-bond acceptors (Lipinski definition) is 3. The molecular formula is C26H35BrN4O. The van der Waals surface area contributed by atoms with Gasteiger partial charge in [0.2, 0.25) is 0 Å². The van der Waals surface area contributed by atoms with Crippen molar-refractivity contribution in [1.29, 1.82) is 0 Å². The van der Waals surface area contributed by atoms with Crippen molar-refractivity contribution in [3.05, 3.63) is 62.9 Å². The van der Waals surface area contributed by atoms with E-state index < -0.39 is 0 Å². The van der Waals surface area contributed by atoms with Crippen molar-refractivity contribution in [2.45, 2.75) is 70.9 Å². The van der Waals surface area contributed by atoms with E-state index >= 15 is 0 Å². The zero-order chi connectivity index (χ0) is 22.5. The third-order valence-corrected chi connectivity index (χ3v) is 7.31. The topological polar surface area (TPSA) is 57.3 Å². The number of carbonyl (C=O) groups excluding carboxylic acids is 1. The fourth-order valence-corrected chi connectivity index (χ4v) is 5.59. The van der Waals surface area contributed by atoms with Gasteiger partial charge >= 0.3 is 6.03 Å². The SMILES string of the molecule is CCN(CCNC(=O)NC1CCCCC1)C1c2ccc(C)cc2CCc2cc(Br)cnc21. The zero-order valence-electron chi connectivity index (χ0n) is 19.3. The maximum Gasteiger partial charge on any atom is 0.315 e. The van der Waals surface area contributed by atoms with Gasteiger partial charge in [-0.15, -0.1) is 0 Å². The Balaban J connectivity index is 1.50. The second-order valence-corrected chi connectivity index (χ2v) is 10.1. The highest BCUT2D eigenvalue weighted by Gasteiger charge is 2.29. The first-order valence-corrected chi connectivity index (χ1v) is 12.9. The normalized spacial score (nSPS) is 18.6. The Kier molecular flexibility index (Phi) is 7.84. The van der Waals surface area contributed by atoms with Crippen LogP contribution >= 0.6 is 15.9 Å². The zero-order valence-corrected chi connectivity index (χ0v) is 20.9. The number of aryl methyl sites for hydroxylation is 3. The van der Waals surface area contributed by atoms with Crippen LogP contribution in [0.5, 0.6) is 0 Å². The van der Waals surface area contributed by atoms with Crippen molar-refractivity contribution < 1.29 is 4.79 Å². The maximum absolute atomic E-state index is 12.4. The van der Waals surface area contributed by atoms with E-state index in [1.54, 1.807) is 0 Å². The van der Waals surface area contributed by atoms with E-state index in [0.717, 1.165) is 48.9 Å². The van der Waals surface area contributed by atoms with Crippen molar-refractivity contribution in [3.8, 4) is 0 Å². The van der Waals surface area contributed by atoms with Gasteiger partial charge in [0, 0.05) is 29.8 Å². The van der Waals surface area contributed by atoms with Gasteiger partial charge in [0.05, 0.1) is 11.7 Å². The molecule has 0 bridgehead atoms. The van der Waals surface area contributed by atoms with Gasteiger partial charge in [-0.3, -0.25) is 9.88 Å². The van der Waals surface area contributed by atoms with E-state index in [1.807, 2.05) is 6.20 Å². The van der Waals surface area contributed by atoms with Gasteiger partial charge in [-0.2, -0.15) is 0 Å². The molecule has 2 aliphatic rings. The summed E-state index contributed by atoms with van der Waals surface area (Å²) in [6, 6.07) is 9.43. The summed E-state index contributed by atoms with van der Waals surface area (Å²) in [6.45, 7) is 6.65. The number of fused-ring (bicyclic) bond motifs is 2. The van der Waals surface area contributed by atoms with Crippen LogP contribution in [0.1, 0.15) is 73.0 Å². The number of carbonyl (C=O) groups is 1. The van der Waals surface area contributed by atoms with E-state index in [4.69, 9.17) is 4.98 Å². The van der Waals surface area contributed by atoms with Crippen molar-refractivity contribution >= 4 is 22.0 Å². The third-order valence-electron chi connectivity index (χ3n) is 6.88. The molecule has 0 spiro atoms. The van der Waals surface area contributed by atoms with E-state index in [1.165, 1.54) is 41.5 Å². The standard InChI is InChI=1S/C26H35BrN4O/c1-3-31(14-13-28-26(32)30-22-7-5-4-6-8-22)25-23-12-9-18(2)15-19(23)10-11-20-16-21(27)17-29-24(20)25/h9,12,15-17,22,25H,3-8,10-11,13-14H2,1-2H3,(H2,28,30,32). The summed E-state index contributed by atoms with van der Waals surface area (Å²) in [5.41, 5.74) is 6.50. The van der Waals surface area contributed by atoms with Crippen molar-refractivity contribution in [2.75, 3.05) is 19.6 Å². The Hall–Kier alpha value is -1.92. The number of nitrogens with zero attached hydrogens (tertiary/aromatic N) is 2. The largest absolute Gasteiger partial charge is 0.337 e. The van der Waals surface area contributed by atoms with Crippen LogP contribution < -0.4 is 10.6 Å². The van der Waals surface area contributed by atoms with Crippen LogP contribution in [0.15, 0.2) is 34.9 Å². The molecule has 0 aliphatic heterocycles. The minimum atomic E-state index is -0.0349. The van der Waals surface area contributed by atoms with Crippen molar-refractivity contribution in [1.82, 2.24) is 20.5 Å². The number of amides is 2. The van der Waals surface area contributed by atoms with Crippen LogP contribution in [-0.4, -0.2) is 41.6 Å². The van der Waals surface area contributed by atoms with Gasteiger partial charge < -0.3 is 10.6 Å². The molecule has 1 unspecified atom stereocenters. The fourth-order valence-electron chi connectivity index (χ4n) is 5.21. The Morgan fingerprint density at radius 1 is 1.16 bits per heavy atom. The predicted molar refractivity (Wildman–Crippen MR) is 133 cm³/mol. The summed E-state index contributed by atoms with van der Waals surface area (Å²) in [4.78, 5) is 19.8. The van der Waals surface area contributed by atoms with Gasteiger partial charge in [0.15, 0.2) is 0 Å². The highest BCUT2D eigenvalue weighted by molar-refractivity contribution is 9.10. The number of aromatic nitrogens is 1. The summed E-state index contributed by atoms with van der Waals surface area (Å²) in [6.07, 6.45) is 9.87. The molecule has 4 rings (SSSR count). The quantitative estimate of drug-likeness (QED) is 0.568. The smallest absolute Gasteiger partial charge is 0.315 e. The number of benzene rings is 1. The summed E-state index contributed by atoms with van der Waals surface area (Å²) in [5.74, 6) is 0. The van der Waals surface area contributed by atoms with Gasteiger partial charge in [-0.25, -0.2) is 4.79 Å². The number of halogens is 1. The lowest BCUT2D eigenvalue weighted by molar-refractivity contribution is 0.218. The molecule has 32 heavy (non-hydrogen) atoms. The number of rotatable bonds is 6. The molecule has 0 saturated heterocycles. The van der Waals surface area contributed by atoms with E-state index in [9.17, 15) is 4.79 Å². The van der Waals surface area contributed by atoms with Crippen LogP contribution in [0.4, 0.5) is 4.79 Å². The first-order chi connectivity index (χ1) is 15.5. The lowest BCUT2D eigenvalue weighted by Gasteiger charge is -2.32. The average Bonchev–Trinajstić information content (AvgIpc) is 2.94. The molecule has 2 amide bonds. The highest BCUT2D eigenvalue weighted by Crippen LogP contribution is 2.36. The predicted octanol–water partition coefficient (Wildman–Crippen LogP) is 5.29. The Morgan fingerprint density at radius 3 is 2.72 bits per heavy atom. The maximum atomic E-state index is 12.4. The molecule has 1 fully saturated rings. The molecule has 1 heterocycles. The van der Waals surface area contributed by atoms with Crippen molar-refractivity contribution in [2.24, 2.45) is 0 Å². The number of likely N-dealkylation sites (N-methyl/N-ethyl adjacent to an activating group) is 1. The summed E-state index contributed by atoms with van der Waals surface area (Å²) in [7, 11) is 0. The lowest BCUT2D eigenvalue weighted by Crippen LogP contribution is -2.45. The molecular weight excluding hydrogens is 464 g/mol. The van der Waals surface area contributed by atoms with Crippen LogP contribution in [0.2, 0.25) is 0 Å². The van der Waals surface area contributed by atoms with Gasteiger partial charge in [0.1, 0.15) is 0 Å². The highest BCUT2D eigenvalue weighted by atomic mass is 79.9. The monoisotopic (exact) mass is 498 g/mol. The fraction of sp³-hybridized carbons (Fsp3) is 0.538. The molecule has 1 aromatic heterocycles. The van der Waals surface area contributed by atoms with Gasteiger partial charge in [0.25, 0.3) is 0 Å². The molecule has 172 valence electrons. The van der Waals surface area contributed by atoms with Crippen LogP contribution in [0.3, 0.4) is 0 Å². The second kappa shape index (κ2) is 10.8. The Morgan fingerprint density at radius 2 is 1.94 bits per heavy atom. The molecule has 6 heteroatoms. The number of hydrogen-bond donors (Lipinski definition) is 2. The number of nitrogens with one attached hydrogen (secondary N) is 2. The Labute approximate surface area is 200 Å². The van der Waals surface area contributed by atoms with E-state index in [0.29, 0.717) is 12.6 Å². The van der Waals surface area contributed by atoms with Crippen LogP contribution in [-0.2, 0) is 12.8 Å².